The summed E-state index contributed by atoms with van der Waals surface area (Å²) in [6, 6.07) is 3.94. The van der Waals surface area contributed by atoms with Crippen LogP contribution in [0.1, 0.15) is 11.1 Å². The third-order valence-corrected chi connectivity index (χ3v) is 2.59. The number of ether oxygens (including phenoxy) is 2. The molecule has 0 aliphatic carbocycles. The summed E-state index contributed by atoms with van der Waals surface area (Å²) in [5.74, 6) is 0.811. The Kier molecular flexibility index (Phi) is 5.52. The number of methoxy groups -OCH3 is 2. The monoisotopic (exact) mass is 285 g/mol. The maximum absolute atomic E-state index is 5.45. The first-order valence-corrected chi connectivity index (χ1v) is 5.74. The average molecular weight is 286 g/mol. The summed E-state index contributed by atoms with van der Waals surface area (Å²) in [6.07, 6.45) is 3.85. The van der Waals surface area contributed by atoms with Crippen molar-refractivity contribution in [3.05, 3.63) is 33.8 Å². The third-order valence-electron chi connectivity index (χ3n) is 2.13. The molecule has 0 radical (unpaired) electrons. The Morgan fingerprint density at radius 3 is 2.69 bits per heavy atom. The van der Waals surface area contributed by atoms with Gasteiger partial charge in [-0.3, -0.25) is 0 Å². The average Bonchev–Trinajstić information content (AvgIpc) is 2.27. The molecule has 4 heteroatoms. The predicted octanol–water partition coefficient (Wildman–Crippen LogP) is 2.58. The quantitative estimate of drug-likeness (QED) is 0.904. The predicted molar refractivity (Wildman–Crippen MR) is 69.5 cm³/mol. The van der Waals surface area contributed by atoms with Crippen LogP contribution in [-0.4, -0.2) is 20.8 Å². The smallest absolute Gasteiger partial charge is 0.127 e. The van der Waals surface area contributed by atoms with E-state index in [9.17, 15) is 0 Å². The van der Waals surface area contributed by atoms with Crippen molar-refractivity contribution in [2.45, 2.75) is 6.61 Å². The molecule has 0 spiro atoms. The van der Waals surface area contributed by atoms with Gasteiger partial charge in [-0.15, -0.1) is 0 Å². The van der Waals surface area contributed by atoms with E-state index in [0.717, 1.165) is 21.3 Å². The van der Waals surface area contributed by atoms with Crippen LogP contribution in [0.2, 0.25) is 0 Å². The molecule has 1 rings (SSSR count). The van der Waals surface area contributed by atoms with E-state index < -0.39 is 0 Å². The highest BCUT2D eigenvalue weighted by Crippen LogP contribution is 2.29. The number of hydrogen-bond donors (Lipinski definition) is 1. The van der Waals surface area contributed by atoms with Crippen molar-refractivity contribution in [1.29, 1.82) is 0 Å². The molecule has 0 heterocycles. The van der Waals surface area contributed by atoms with Gasteiger partial charge in [0.2, 0.25) is 0 Å². The van der Waals surface area contributed by atoms with Crippen LogP contribution in [0, 0.1) is 0 Å². The molecule has 2 N–H and O–H groups in total. The number of hydrogen-bond acceptors (Lipinski definition) is 3. The van der Waals surface area contributed by atoms with Crippen LogP contribution in [0.4, 0.5) is 0 Å². The van der Waals surface area contributed by atoms with Gasteiger partial charge in [-0.05, 0) is 17.7 Å². The zero-order valence-corrected chi connectivity index (χ0v) is 11.1. The van der Waals surface area contributed by atoms with Crippen LogP contribution < -0.4 is 10.5 Å². The number of rotatable bonds is 5. The van der Waals surface area contributed by atoms with Crippen molar-refractivity contribution in [2.24, 2.45) is 5.73 Å². The van der Waals surface area contributed by atoms with Gasteiger partial charge in [0.05, 0.1) is 13.7 Å². The zero-order valence-electron chi connectivity index (χ0n) is 9.50. The van der Waals surface area contributed by atoms with E-state index in [1.807, 2.05) is 24.3 Å². The Bertz CT molecular complexity index is 378. The Morgan fingerprint density at radius 1 is 1.38 bits per heavy atom. The van der Waals surface area contributed by atoms with E-state index in [1.165, 1.54) is 0 Å². The molecule has 0 fully saturated rings. The van der Waals surface area contributed by atoms with Crippen molar-refractivity contribution in [3.8, 4) is 5.75 Å². The molecule has 88 valence electrons. The molecular weight excluding hydrogens is 270 g/mol. The van der Waals surface area contributed by atoms with Crippen LogP contribution >= 0.6 is 15.9 Å². The summed E-state index contributed by atoms with van der Waals surface area (Å²) in [6.45, 7) is 1.05. The van der Waals surface area contributed by atoms with Crippen LogP contribution in [0.5, 0.6) is 5.75 Å². The van der Waals surface area contributed by atoms with Crippen molar-refractivity contribution in [2.75, 3.05) is 20.8 Å². The molecule has 3 nitrogen and oxygen atoms in total. The molecule has 0 saturated heterocycles. The minimum atomic E-state index is 0.506. The fraction of sp³-hybridized carbons (Fsp3) is 0.333. The number of benzene rings is 1. The van der Waals surface area contributed by atoms with Crippen molar-refractivity contribution < 1.29 is 9.47 Å². The van der Waals surface area contributed by atoms with E-state index in [-0.39, 0.29) is 0 Å². The summed E-state index contributed by atoms with van der Waals surface area (Å²) < 4.78 is 11.5. The highest BCUT2D eigenvalue weighted by Gasteiger charge is 2.08. The van der Waals surface area contributed by atoms with E-state index in [1.54, 1.807) is 14.2 Å². The zero-order chi connectivity index (χ0) is 12.0. The van der Waals surface area contributed by atoms with Gasteiger partial charge < -0.3 is 15.2 Å². The number of halogens is 1. The van der Waals surface area contributed by atoms with Crippen LogP contribution in [0.3, 0.4) is 0 Å². The van der Waals surface area contributed by atoms with Crippen LogP contribution in [0.15, 0.2) is 22.7 Å². The summed E-state index contributed by atoms with van der Waals surface area (Å²) in [4.78, 5) is 0. The standard InChI is InChI=1S/C12H16BrNO2/c1-15-8-9-6-10(13)7-12(16-2)11(9)4-3-5-14/h3-4,6-7H,5,8,14H2,1-2H3/b4-3+. The Labute approximate surface area is 104 Å². The molecule has 0 amide bonds. The molecule has 0 saturated carbocycles. The first-order chi connectivity index (χ1) is 7.72. The molecule has 0 atom stereocenters. The van der Waals surface area contributed by atoms with Crippen LogP contribution in [0.25, 0.3) is 6.08 Å². The second-order valence-electron chi connectivity index (χ2n) is 3.25. The highest BCUT2D eigenvalue weighted by atomic mass is 79.9. The lowest BCUT2D eigenvalue weighted by Crippen LogP contribution is -1.98. The fourth-order valence-electron chi connectivity index (χ4n) is 1.47. The van der Waals surface area contributed by atoms with Gasteiger partial charge in [0.25, 0.3) is 0 Å². The molecule has 0 aliphatic heterocycles. The molecule has 16 heavy (non-hydrogen) atoms. The van der Waals surface area contributed by atoms with Gasteiger partial charge in [0.15, 0.2) is 0 Å². The second-order valence-corrected chi connectivity index (χ2v) is 4.17. The minimum absolute atomic E-state index is 0.506. The molecule has 0 bridgehead atoms. The number of nitrogens with two attached hydrogens (primary N) is 1. The Balaban J connectivity index is 3.21. The SMILES string of the molecule is COCc1cc(Br)cc(OC)c1/C=C/CN. The van der Waals surface area contributed by atoms with Gasteiger partial charge in [0, 0.05) is 23.7 Å². The second kappa shape index (κ2) is 6.68. The first-order valence-electron chi connectivity index (χ1n) is 4.95. The normalized spacial score (nSPS) is 11.0. The molecule has 1 aromatic carbocycles. The maximum atomic E-state index is 5.45. The molecule has 0 aliphatic rings. The van der Waals surface area contributed by atoms with Crippen molar-refractivity contribution in [1.82, 2.24) is 0 Å². The van der Waals surface area contributed by atoms with E-state index in [0.29, 0.717) is 13.2 Å². The minimum Gasteiger partial charge on any atom is -0.496 e. The maximum Gasteiger partial charge on any atom is 0.127 e. The molecule has 0 aromatic heterocycles. The van der Waals surface area contributed by atoms with Crippen LogP contribution in [-0.2, 0) is 11.3 Å². The summed E-state index contributed by atoms with van der Waals surface area (Å²) in [5.41, 5.74) is 7.53. The highest BCUT2D eigenvalue weighted by molar-refractivity contribution is 9.10. The van der Waals surface area contributed by atoms with Gasteiger partial charge in [0.1, 0.15) is 5.75 Å². The summed E-state index contributed by atoms with van der Waals surface area (Å²) in [5, 5.41) is 0. The molecular formula is C12H16BrNO2. The van der Waals surface area contributed by atoms with Gasteiger partial charge >= 0.3 is 0 Å². The van der Waals surface area contributed by atoms with Crippen molar-refractivity contribution in [3.63, 3.8) is 0 Å². The molecule has 0 unspecified atom stereocenters. The largest absolute Gasteiger partial charge is 0.496 e. The molecule has 1 aromatic rings. The van der Waals surface area contributed by atoms with Gasteiger partial charge in [-0.2, -0.15) is 0 Å². The lowest BCUT2D eigenvalue weighted by molar-refractivity contribution is 0.184. The fourth-order valence-corrected chi connectivity index (χ4v) is 1.95. The topological polar surface area (TPSA) is 44.5 Å². The van der Waals surface area contributed by atoms with Gasteiger partial charge in [-0.25, -0.2) is 0 Å². The lowest BCUT2D eigenvalue weighted by Gasteiger charge is -2.11. The Hall–Kier alpha value is -0.840. The van der Waals surface area contributed by atoms with E-state index in [4.69, 9.17) is 15.2 Å². The summed E-state index contributed by atoms with van der Waals surface area (Å²) in [7, 11) is 3.32. The van der Waals surface area contributed by atoms with Crippen molar-refractivity contribution >= 4 is 22.0 Å². The first kappa shape index (κ1) is 13.2. The van der Waals surface area contributed by atoms with E-state index in [2.05, 4.69) is 15.9 Å². The lowest BCUT2D eigenvalue weighted by atomic mass is 10.1. The third kappa shape index (κ3) is 3.33. The van der Waals surface area contributed by atoms with E-state index >= 15 is 0 Å². The Morgan fingerprint density at radius 2 is 2.12 bits per heavy atom. The summed E-state index contributed by atoms with van der Waals surface area (Å²) >= 11 is 3.44. The van der Waals surface area contributed by atoms with Gasteiger partial charge in [-0.1, -0.05) is 28.1 Å².